The van der Waals surface area contributed by atoms with Crippen molar-refractivity contribution in [2.45, 2.75) is 56.3 Å². The Kier molecular flexibility index (Phi) is 4.74. The predicted molar refractivity (Wildman–Crippen MR) is 64.9 cm³/mol. The summed E-state index contributed by atoms with van der Waals surface area (Å²) in [6.07, 6.45) is -2.61. The molecule has 0 aromatic carbocycles. The van der Waals surface area contributed by atoms with Crippen LogP contribution in [0, 0.1) is 0 Å². The van der Waals surface area contributed by atoms with E-state index >= 15 is 0 Å². The van der Waals surface area contributed by atoms with Crippen molar-refractivity contribution in [1.29, 1.82) is 0 Å². The second kappa shape index (κ2) is 5.97. The molecule has 1 heterocycles. The highest BCUT2D eigenvalue weighted by Crippen LogP contribution is 2.40. The van der Waals surface area contributed by atoms with Crippen LogP contribution in [-0.4, -0.2) is 54.1 Å². The van der Waals surface area contributed by atoms with Crippen molar-refractivity contribution in [3.05, 3.63) is 0 Å². The largest absolute Gasteiger partial charge is 0.391 e. The Labute approximate surface area is 111 Å². The van der Waals surface area contributed by atoms with Crippen LogP contribution in [0.5, 0.6) is 0 Å². The molecule has 19 heavy (non-hydrogen) atoms. The highest BCUT2D eigenvalue weighted by molar-refractivity contribution is 5.01. The third-order valence-electron chi connectivity index (χ3n) is 4.43. The maximum Gasteiger partial charge on any atom is 0.389 e. The molecule has 0 amide bonds. The van der Waals surface area contributed by atoms with Crippen LogP contribution in [-0.2, 0) is 4.74 Å². The first-order valence-corrected chi connectivity index (χ1v) is 7.02. The number of halogens is 3. The lowest BCUT2D eigenvalue weighted by Gasteiger charge is -2.46. The van der Waals surface area contributed by atoms with Gasteiger partial charge in [0.2, 0.25) is 0 Å². The normalized spacial score (nSPS) is 26.5. The summed E-state index contributed by atoms with van der Waals surface area (Å²) in [5, 5.41) is 10.3. The molecule has 1 saturated carbocycles. The van der Waals surface area contributed by atoms with Crippen molar-refractivity contribution in [2.24, 2.45) is 0 Å². The first-order valence-electron chi connectivity index (χ1n) is 7.02. The van der Waals surface area contributed by atoms with Gasteiger partial charge in [0.05, 0.1) is 19.3 Å². The third kappa shape index (κ3) is 3.61. The molecule has 0 spiro atoms. The van der Waals surface area contributed by atoms with Crippen LogP contribution < -0.4 is 0 Å². The maximum atomic E-state index is 12.3. The van der Waals surface area contributed by atoms with Crippen molar-refractivity contribution in [2.75, 3.05) is 26.3 Å². The van der Waals surface area contributed by atoms with E-state index in [1.165, 1.54) is 0 Å². The maximum absolute atomic E-state index is 12.3. The summed E-state index contributed by atoms with van der Waals surface area (Å²) < 4.78 is 42.3. The van der Waals surface area contributed by atoms with Gasteiger partial charge in [0.1, 0.15) is 0 Å². The van der Waals surface area contributed by atoms with E-state index in [0.717, 1.165) is 25.7 Å². The van der Waals surface area contributed by atoms with E-state index < -0.39 is 24.2 Å². The SMILES string of the molecule is OC(CCC(F)(F)F)C1(N2CCOCC2)CCCC1. The Hall–Kier alpha value is -0.330. The molecule has 112 valence electrons. The Morgan fingerprint density at radius 3 is 2.26 bits per heavy atom. The Morgan fingerprint density at radius 1 is 1.16 bits per heavy atom. The lowest BCUT2D eigenvalue weighted by atomic mass is 9.85. The van der Waals surface area contributed by atoms with Crippen molar-refractivity contribution in [1.82, 2.24) is 4.90 Å². The molecule has 0 aromatic heterocycles. The number of alkyl halides is 3. The highest BCUT2D eigenvalue weighted by atomic mass is 19.4. The van der Waals surface area contributed by atoms with Gasteiger partial charge in [-0.25, -0.2) is 0 Å². The van der Waals surface area contributed by atoms with Gasteiger partial charge < -0.3 is 9.84 Å². The lowest BCUT2D eigenvalue weighted by Crippen LogP contribution is -2.58. The number of ether oxygens (including phenoxy) is 1. The molecule has 1 aliphatic heterocycles. The Bertz CT molecular complexity index is 284. The van der Waals surface area contributed by atoms with E-state index in [4.69, 9.17) is 4.74 Å². The van der Waals surface area contributed by atoms with Crippen LogP contribution in [0.4, 0.5) is 13.2 Å². The van der Waals surface area contributed by atoms with Crippen LogP contribution in [0.15, 0.2) is 0 Å². The summed E-state index contributed by atoms with van der Waals surface area (Å²) in [4.78, 5) is 2.16. The Morgan fingerprint density at radius 2 is 1.74 bits per heavy atom. The van der Waals surface area contributed by atoms with Crippen LogP contribution in [0.2, 0.25) is 0 Å². The molecule has 1 saturated heterocycles. The summed E-state index contributed by atoms with van der Waals surface area (Å²) >= 11 is 0. The van der Waals surface area contributed by atoms with Crippen molar-refractivity contribution >= 4 is 0 Å². The molecule has 6 heteroatoms. The number of nitrogens with zero attached hydrogens (tertiary/aromatic N) is 1. The summed E-state index contributed by atoms with van der Waals surface area (Å²) in [6.45, 7) is 2.63. The van der Waals surface area contributed by atoms with Crippen molar-refractivity contribution < 1.29 is 23.0 Å². The van der Waals surface area contributed by atoms with Crippen LogP contribution in [0.3, 0.4) is 0 Å². The molecule has 0 bridgehead atoms. The minimum atomic E-state index is -4.19. The van der Waals surface area contributed by atoms with E-state index in [1.807, 2.05) is 0 Å². The molecule has 1 atom stereocenters. The van der Waals surface area contributed by atoms with E-state index in [9.17, 15) is 18.3 Å². The first kappa shape index (κ1) is 15.1. The molecule has 0 aromatic rings. The second-order valence-corrected chi connectivity index (χ2v) is 5.58. The van der Waals surface area contributed by atoms with Gasteiger partial charge in [-0.05, 0) is 19.3 Å². The molecule has 2 fully saturated rings. The van der Waals surface area contributed by atoms with Crippen LogP contribution in [0.25, 0.3) is 0 Å². The van der Waals surface area contributed by atoms with Gasteiger partial charge >= 0.3 is 6.18 Å². The average Bonchev–Trinajstić information content (AvgIpc) is 2.87. The fourth-order valence-electron chi connectivity index (χ4n) is 3.43. The lowest BCUT2D eigenvalue weighted by molar-refractivity contribution is -0.148. The minimum absolute atomic E-state index is 0.194. The van der Waals surface area contributed by atoms with E-state index in [1.54, 1.807) is 0 Å². The quantitative estimate of drug-likeness (QED) is 0.858. The molecule has 2 aliphatic rings. The average molecular weight is 281 g/mol. The molecular weight excluding hydrogens is 259 g/mol. The second-order valence-electron chi connectivity index (χ2n) is 5.58. The molecule has 1 aliphatic carbocycles. The van der Waals surface area contributed by atoms with E-state index in [2.05, 4.69) is 4.90 Å². The summed E-state index contributed by atoms with van der Waals surface area (Å²) in [6, 6.07) is 0. The number of morpholine rings is 1. The predicted octanol–water partition coefficient (Wildman–Crippen LogP) is 2.33. The zero-order valence-electron chi connectivity index (χ0n) is 11.1. The van der Waals surface area contributed by atoms with E-state index in [-0.39, 0.29) is 6.42 Å². The van der Waals surface area contributed by atoms with E-state index in [0.29, 0.717) is 26.3 Å². The van der Waals surface area contributed by atoms with Gasteiger partial charge in [0.25, 0.3) is 0 Å². The molecule has 0 radical (unpaired) electrons. The summed E-state index contributed by atoms with van der Waals surface area (Å²) in [5.41, 5.74) is -0.449. The number of aliphatic hydroxyl groups is 1. The zero-order valence-corrected chi connectivity index (χ0v) is 11.1. The first-order chi connectivity index (χ1) is 8.94. The number of hydrogen-bond acceptors (Lipinski definition) is 3. The summed E-state index contributed by atoms with van der Waals surface area (Å²) in [7, 11) is 0. The fourth-order valence-corrected chi connectivity index (χ4v) is 3.43. The van der Waals surface area contributed by atoms with Gasteiger partial charge in [-0.1, -0.05) is 12.8 Å². The zero-order chi connectivity index (χ0) is 13.9. The number of aliphatic hydroxyl groups excluding tert-OH is 1. The standard InChI is InChI=1S/C13H22F3NO2/c14-13(15,16)6-3-11(18)12(4-1-2-5-12)17-7-9-19-10-8-17/h11,18H,1-10H2. The number of rotatable bonds is 4. The van der Waals surface area contributed by atoms with Crippen molar-refractivity contribution in [3.8, 4) is 0 Å². The molecule has 3 nitrogen and oxygen atoms in total. The van der Waals surface area contributed by atoms with Gasteiger partial charge in [0, 0.05) is 25.0 Å². The van der Waals surface area contributed by atoms with Crippen LogP contribution >= 0.6 is 0 Å². The summed E-state index contributed by atoms with van der Waals surface area (Å²) in [5.74, 6) is 0. The Balaban J connectivity index is 2.01. The third-order valence-corrected chi connectivity index (χ3v) is 4.43. The molecule has 1 unspecified atom stereocenters. The highest BCUT2D eigenvalue weighted by Gasteiger charge is 2.46. The fraction of sp³-hybridized carbons (Fsp3) is 1.00. The number of hydrogen-bond donors (Lipinski definition) is 1. The van der Waals surface area contributed by atoms with Gasteiger partial charge in [0.15, 0.2) is 0 Å². The van der Waals surface area contributed by atoms with Crippen LogP contribution in [0.1, 0.15) is 38.5 Å². The minimum Gasteiger partial charge on any atom is -0.391 e. The van der Waals surface area contributed by atoms with Gasteiger partial charge in [-0.3, -0.25) is 4.90 Å². The van der Waals surface area contributed by atoms with Gasteiger partial charge in [-0.15, -0.1) is 0 Å². The topological polar surface area (TPSA) is 32.7 Å². The molecular formula is C13H22F3NO2. The van der Waals surface area contributed by atoms with Crippen molar-refractivity contribution in [3.63, 3.8) is 0 Å². The molecule has 1 N–H and O–H groups in total. The van der Waals surface area contributed by atoms with Gasteiger partial charge in [-0.2, -0.15) is 13.2 Å². The smallest absolute Gasteiger partial charge is 0.389 e. The molecule has 2 rings (SSSR count). The monoisotopic (exact) mass is 281 g/mol.